The maximum atomic E-state index is 12.7. The Kier molecular flexibility index (Phi) is 2.86. The van der Waals surface area contributed by atoms with Crippen molar-refractivity contribution in [3.8, 4) is 0 Å². The molecule has 0 aliphatic heterocycles. The Morgan fingerprint density at radius 2 is 1.81 bits per heavy atom. The second-order valence-electron chi connectivity index (χ2n) is 3.80. The van der Waals surface area contributed by atoms with Gasteiger partial charge >= 0.3 is 0 Å². The summed E-state index contributed by atoms with van der Waals surface area (Å²) >= 11 is 0. The molecule has 0 saturated heterocycles. The van der Waals surface area contributed by atoms with Crippen molar-refractivity contribution >= 4 is 0 Å². The summed E-state index contributed by atoms with van der Waals surface area (Å²) in [5, 5.41) is 0. The molecule has 82 valence electrons. The van der Waals surface area contributed by atoms with E-state index in [-0.39, 0.29) is 11.4 Å². The summed E-state index contributed by atoms with van der Waals surface area (Å²) in [4.78, 5) is 11.5. The van der Waals surface area contributed by atoms with Gasteiger partial charge in [0.25, 0.3) is 5.56 Å². The maximum absolute atomic E-state index is 12.7. The topological polar surface area (TPSA) is 22.0 Å². The summed E-state index contributed by atoms with van der Waals surface area (Å²) in [7, 11) is 0. The SMILES string of the molecule is Cc1ccc(=O)n(Cc2ccc(F)cc2)c1. The van der Waals surface area contributed by atoms with Crippen LogP contribution in [0.15, 0.2) is 47.4 Å². The van der Waals surface area contributed by atoms with Crippen molar-refractivity contribution in [3.05, 3.63) is 69.9 Å². The van der Waals surface area contributed by atoms with E-state index < -0.39 is 0 Å². The van der Waals surface area contributed by atoms with Gasteiger partial charge in [-0.05, 0) is 30.2 Å². The average molecular weight is 217 g/mol. The van der Waals surface area contributed by atoms with Gasteiger partial charge < -0.3 is 4.57 Å². The molecule has 0 N–H and O–H groups in total. The molecule has 0 aliphatic carbocycles. The van der Waals surface area contributed by atoms with E-state index in [1.54, 1.807) is 35.0 Å². The zero-order chi connectivity index (χ0) is 11.5. The molecule has 2 nitrogen and oxygen atoms in total. The molecular weight excluding hydrogens is 205 g/mol. The van der Waals surface area contributed by atoms with Crippen molar-refractivity contribution in [2.75, 3.05) is 0 Å². The lowest BCUT2D eigenvalue weighted by molar-refractivity contribution is 0.626. The summed E-state index contributed by atoms with van der Waals surface area (Å²) < 4.78 is 14.3. The highest BCUT2D eigenvalue weighted by molar-refractivity contribution is 5.17. The smallest absolute Gasteiger partial charge is 0.250 e. The van der Waals surface area contributed by atoms with Crippen LogP contribution in [0.1, 0.15) is 11.1 Å². The highest BCUT2D eigenvalue weighted by atomic mass is 19.1. The first-order valence-electron chi connectivity index (χ1n) is 5.07. The van der Waals surface area contributed by atoms with Gasteiger partial charge in [-0.2, -0.15) is 0 Å². The van der Waals surface area contributed by atoms with E-state index in [9.17, 15) is 9.18 Å². The van der Waals surface area contributed by atoms with Crippen LogP contribution >= 0.6 is 0 Å². The van der Waals surface area contributed by atoms with Gasteiger partial charge in [-0.3, -0.25) is 4.79 Å². The number of pyridine rings is 1. The molecule has 1 aromatic carbocycles. The third kappa shape index (κ3) is 2.37. The van der Waals surface area contributed by atoms with E-state index in [1.165, 1.54) is 12.1 Å². The molecule has 0 saturated carbocycles. The van der Waals surface area contributed by atoms with Crippen molar-refractivity contribution in [2.24, 2.45) is 0 Å². The average Bonchev–Trinajstić information content (AvgIpc) is 2.27. The van der Waals surface area contributed by atoms with Crippen LogP contribution in [0.5, 0.6) is 0 Å². The van der Waals surface area contributed by atoms with Gasteiger partial charge in [0.15, 0.2) is 0 Å². The minimum Gasteiger partial charge on any atom is -0.311 e. The van der Waals surface area contributed by atoms with Crippen LogP contribution in [0.3, 0.4) is 0 Å². The molecule has 0 amide bonds. The first kappa shape index (κ1) is 10.6. The molecule has 1 aromatic heterocycles. The lowest BCUT2D eigenvalue weighted by atomic mass is 10.2. The second kappa shape index (κ2) is 4.31. The van der Waals surface area contributed by atoms with Gasteiger partial charge in [0.1, 0.15) is 5.82 Å². The lowest BCUT2D eigenvalue weighted by Crippen LogP contribution is -2.19. The highest BCUT2D eigenvalue weighted by Crippen LogP contribution is 2.04. The van der Waals surface area contributed by atoms with E-state index in [2.05, 4.69) is 0 Å². The summed E-state index contributed by atoms with van der Waals surface area (Å²) in [6, 6.07) is 9.49. The molecular formula is C13H12FNO. The van der Waals surface area contributed by atoms with Crippen LogP contribution in [-0.2, 0) is 6.54 Å². The van der Waals surface area contributed by atoms with Crippen LogP contribution in [0.25, 0.3) is 0 Å². The molecule has 2 aromatic rings. The monoisotopic (exact) mass is 217 g/mol. The Bertz CT molecular complexity index is 543. The quantitative estimate of drug-likeness (QED) is 0.756. The molecule has 0 atom stereocenters. The number of benzene rings is 1. The molecule has 16 heavy (non-hydrogen) atoms. The number of aryl methyl sites for hydroxylation is 1. The maximum Gasteiger partial charge on any atom is 0.250 e. The van der Waals surface area contributed by atoms with E-state index in [4.69, 9.17) is 0 Å². The molecule has 2 rings (SSSR count). The van der Waals surface area contributed by atoms with Gasteiger partial charge in [-0.15, -0.1) is 0 Å². The molecule has 0 unspecified atom stereocenters. The highest BCUT2D eigenvalue weighted by Gasteiger charge is 1.98. The van der Waals surface area contributed by atoms with E-state index >= 15 is 0 Å². The number of hydrogen-bond acceptors (Lipinski definition) is 1. The third-order valence-electron chi connectivity index (χ3n) is 2.40. The molecule has 0 radical (unpaired) electrons. The predicted octanol–water partition coefficient (Wildman–Crippen LogP) is 2.34. The lowest BCUT2D eigenvalue weighted by Gasteiger charge is -2.06. The fraction of sp³-hybridized carbons (Fsp3) is 0.154. The van der Waals surface area contributed by atoms with Crippen molar-refractivity contribution in [2.45, 2.75) is 13.5 Å². The van der Waals surface area contributed by atoms with Crippen LogP contribution in [0.2, 0.25) is 0 Å². The Hall–Kier alpha value is -1.90. The zero-order valence-corrected chi connectivity index (χ0v) is 8.98. The van der Waals surface area contributed by atoms with E-state index in [1.807, 2.05) is 6.92 Å². The summed E-state index contributed by atoms with van der Waals surface area (Å²) in [6.45, 7) is 2.40. The summed E-state index contributed by atoms with van der Waals surface area (Å²) in [5.41, 5.74) is 1.89. The molecule has 1 heterocycles. The molecule has 3 heteroatoms. The van der Waals surface area contributed by atoms with Crippen LogP contribution in [0, 0.1) is 12.7 Å². The predicted molar refractivity (Wildman–Crippen MR) is 60.9 cm³/mol. The number of halogens is 1. The fourth-order valence-corrected chi connectivity index (χ4v) is 1.56. The Morgan fingerprint density at radius 1 is 1.12 bits per heavy atom. The van der Waals surface area contributed by atoms with Crippen molar-refractivity contribution < 1.29 is 4.39 Å². The standard InChI is InChI=1S/C13H12FNO/c1-10-2-7-13(16)15(8-10)9-11-3-5-12(14)6-4-11/h2-8H,9H2,1H3. The fourth-order valence-electron chi connectivity index (χ4n) is 1.56. The van der Waals surface area contributed by atoms with Gasteiger partial charge in [-0.25, -0.2) is 4.39 Å². The first-order valence-corrected chi connectivity index (χ1v) is 5.07. The van der Waals surface area contributed by atoms with Gasteiger partial charge in [0, 0.05) is 12.3 Å². The van der Waals surface area contributed by atoms with Gasteiger partial charge in [0.05, 0.1) is 6.54 Å². The number of nitrogens with zero attached hydrogens (tertiary/aromatic N) is 1. The van der Waals surface area contributed by atoms with Crippen molar-refractivity contribution in [1.82, 2.24) is 4.57 Å². The molecule has 0 bridgehead atoms. The van der Waals surface area contributed by atoms with Crippen molar-refractivity contribution in [1.29, 1.82) is 0 Å². The third-order valence-corrected chi connectivity index (χ3v) is 2.40. The summed E-state index contributed by atoms with van der Waals surface area (Å²) in [6.07, 6.45) is 1.80. The van der Waals surface area contributed by atoms with E-state index in [0.717, 1.165) is 11.1 Å². The van der Waals surface area contributed by atoms with Gasteiger partial charge in [-0.1, -0.05) is 18.2 Å². The largest absolute Gasteiger partial charge is 0.311 e. The first-order chi connectivity index (χ1) is 7.65. The number of hydrogen-bond donors (Lipinski definition) is 0. The Morgan fingerprint density at radius 3 is 2.50 bits per heavy atom. The minimum atomic E-state index is -0.264. The van der Waals surface area contributed by atoms with Crippen molar-refractivity contribution in [3.63, 3.8) is 0 Å². The second-order valence-corrected chi connectivity index (χ2v) is 3.80. The Balaban J connectivity index is 2.30. The van der Waals surface area contributed by atoms with Crippen LogP contribution < -0.4 is 5.56 Å². The van der Waals surface area contributed by atoms with Crippen LogP contribution in [0.4, 0.5) is 4.39 Å². The molecule has 0 spiro atoms. The van der Waals surface area contributed by atoms with Crippen LogP contribution in [-0.4, -0.2) is 4.57 Å². The van der Waals surface area contributed by atoms with Gasteiger partial charge in [0.2, 0.25) is 0 Å². The number of aromatic nitrogens is 1. The minimum absolute atomic E-state index is 0.0464. The zero-order valence-electron chi connectivity index (χ0n) is 8.98. The molecule has 0 fully saturated rings. The normalized spacial score (nSPS) is 10.4. The Labute approximate surface area is 93.0 Å². The van der Waals surface area contributed by atoms with E-state index in [0.29, 0.717) is 6.54 Å². The number of rotatable bonds is 2. The molecule has 0 aliphatic rings. The summed E-state index contributed by atoms with van der Waals surface area (Å²) in [5.74, 6) is -0.264.